The molecule has 10 nitrogen and oxygen atoms in total. The van der Waals surface area contributed by atoms with Crippen LogP contribution in [0.25, 0.3) is 0 Å². The predicted octanol–water partition coefficient (Wildman–Crippen LogP) is 2.15. The fourth-order valence-corrected chi connectivity index (χ4v) is 7.93. The Bertz CT molecular complexity index is 829. The summed E-state index contributed by atoms with van der Waals surface area (Å²) in [5.41, 5.74) is 8.31. The van der Waals surface area contributed by atoms with Crippen LogP contribution in [0.1, 0.15) is 12.8 Å². The third-order valence-corrected chi connectivity index (χ3v) is 9.22. The van der Waals surface area contributed by atoms with Gasteiger partial charge in [-0.2, -0.15) is 8.42 Å². The maximum Gasteiger partial charge on any atom is 0.268 e. The first-order valence-electron chi connectivity index (χ1n) is 8.96. The molecular formula is C16H21NO9S3. The van der Waals surface area contributed by atoms with E-state index in [1.165, 1.54) is 0 Å². The predicted molar refractivity (Wildman–Crippen MR) is 104 cm³/mol. The highest BCUT2D eigenvalue weighted by Crippen LogP contribution is 2.56. The van der Waals surface area contributed by atoms with Gasteiger partial charge in [0.2, 0.25) is 0 Å². The Labute approximate surface area is 176 Å². The number of allylic oxidation sites excluding steroid dienone is 4. The Kier molecular flexibility index (Phi) is 6.45. The number of rotatable bonds is 7. The summed E-state index contributed by atoms with van der Waals surface area (Å²) in [6.45, 7) is 0. The molecule has 0 aromatic rings. The molecule has 4 aliphatic rings. The van der Waals surface area contributed by atoms with E-state index in [4.69, 9.17) is 16.2 Å². The van der Waals surface area contributed by atoms with Gasteiger partial charge in [0.15, 0.2) is 0 Å². The minimum atomic E-state index is -4.35. The van der Waals surface area contributed by atoms with Gasteiger partial charge in [0.1, 0.15) is 0 Å². The third kappa shape index (κ3) is 3.94. The van der Waals surface area contributed by atoms with Crippen LogP contribution in [-0.2, 0) is 28.9 Å². The first kappa shape index (κ1) is 21.8. The van der Waals surface area contributed by atoms with E-state index in [2.05, 4.69) is 18.7 Å². The lowest BCUT2D eigenvalue weighted by molar-refractivity contribution is -0.432. The maximum absolute atomic E-state index is 12.2. The van der Waals surface area contributed by atoms with Gasteiger partial charge in [-0.25, -0.2) is 10.5 Å². The first-order valence-corrected chi connectivity index (χ1v) is 12.1. The van der Waals surface area contributed by atoms with Gasteiger partial charge in [0, 0.05) is 64.3 Å². The molecule has 0 aromatic heterocycles. The fourth-order valence-electron chi connectivity index (χ4n) is 5.18. The second kappa shape index (κ2) is 8.59. The molecule has 4 rings (SSSR count). The van der Waals surface area contributed by atoms with Crippen molar-refractivity contribution in [2.24, 2.45) is 29.4 Å². The average Bonchev–Trinajstić information content (AvgIpc) is 2.69. The zero-order chi connectivity index (χ0) is 20.8. The summed E-state index contributed by atoms with van der Waals surface area (Å²) in [7, 11) is -4.35. The van der Waals surface area contributed by atoms with Crippen LogP contribution >= 0.6 is 24.1 Å². The van der Waals surface area contributed by atoms with Gasteiger partial charge in [-0.3, -0.25) is 4.55 Å². The molecule has 0 heterocycles. The van der Waals surface area contributed by atoms with Crippen LogP contribution in [0, 0.1) is 23.7 Å². The van der Waals surface area contributed by atoms with Crippen LogP contribution in [0.5, 0.6) is 0 Å². The van der Waals surface area contributed by atoms with Crippen molar-refractivity contribution in [3.63, 3.8) is 0 Å². The Hall–Kier alpha value is -0.450. The lowest BCUT2D eigenvalue weighted by Crippen LogP contribution is -2.51. The molecule has 8 atom stereocenters. The quantitative estimate of drug-likeness (QED) is 0.142. The molecule has 162 valence electrons. The van der Waals surface area contributed by atoms with E-state index in [0.29, 0.717) is 6.42 Å². The molecule has 0 spiro atoms. The van der Waals surface area contributed by atoms with Gasteiger partial charge in [0.25, 0.3) is 10.1 Å². The molecule has 0 saturated heterocycles. The van der Waals surface area contributed by atoms with E-state index >= 15 is 0 Å². The van der Waals surface area contributed by atoms with E-state index < -0.39 is 26.5 Å². The molecule has 0 bridgehead atoms. The fraction of sp³-hybridized carbons (Fsp3) is 0.625. The third-order valence-electron chi connectivity index (χ3n) is 6.22. The van der Waals surface area contributed by atoms with Crippen LogP contribution in [0.15, 0.2) is 35.5 Å². The zero-order valence-corrected chi connectivity index (χ0v) is 17.4. The molecule has 4 aliphatic carbocycles. The monoisotopic (exact) mass is 467 g/mol. The van der Waals surface area contributed by atoms with E-state index in [9.17, 15) is 13.0 Å². The van der Waals surface area contributed by atoms with E-state index in [1.807, 2.05) is 24.3 Å². The summed E-state index contributed by atoms with van der Waals surface area (Å²) in [5.74, 6) is -0.847. The van der Waals surface area contributed by atoms with Gasteiger partial charge in [-0.05, 0) is 12.8 Å². The largest absolute Gasteiger partial charge is 0.327 e. The van der Waals surface area contributed by atoms with Crippen molar-refractivity contribution in [1.29, 1.82) is 0 Å². The summed E-state index contributed by atoms with van der Waals surface area (Å²) < 4.78 is 43.5. The summed E-state index contributed by atoms with van der Waals surface area (Å²) in [6.07, 6.45) is 8.49. The van der Waals surface area contributed by atoms with Crippen LogP contribution in [0.2, 0.25) is 0 Å². The Balaban J connectivity index is 1.78. The summed E-state index contributed by atoms with van der Waals surface area (Å²) >= 11 is 1.78. The Morgan fingerprint density at radius 3 is 1.90 bits per heavy atom. The molecule has 0 amide bonds. The SMILES string of the molecule is NC1CC(SOOO)C2C=CC3C4=C2C1C=CC4C(S(=O)(=O)O)CC3SOOO. The minimum absolute atomic E-state index is 0.0774. The molecule has 0 radical (unpaired) electrons. The molecular weight excluding hydrogens is 446 g/mol. The normalized spacial score (nSPS) is 40.8. The molecule has 0 aromatic carbocycles. The Morgan fingerprint density at radius 2 is 1.34 bits per heavy atom. The van der Waals surface area contributed by atoms with Crippen LogP contribution in [0.3, 0.4) is 0 Å². The number of hydrogen-bond donors (Lipinski definition) is 4. The standard InChI is InChI=1S/C16H21NO9S3/c17-11-5-12(27-25-23-18)8-2-3-9-13(28-26-24-19)6-14(29(20,21)22)10-4-1-7(11)15(8)16(9)10/h1-4,7-14,18-19H,5-6,17H2,(H,20,21,22). The molecule has 2 fully saturated rings. The van der Waals surface area contributed by atoms with Crippen molar-refractivity contribution < 1.29 is 42.2 Å². The van der Waals surface area contributed by atoms with Crippen molar-refractivity contribution in [2.45, 2.75) is 34.6 Å². The van der Waals surface area contributed by atoms with Crippen molar-refractivity contribution in [1.82, 2.24) is 0 Å². The maximum atomic E-state index is 12.2. The van der Waals surface area contributed by atoms with Crippen molar-refractivity contribution in [3.8, 4) is 0 Å². The second-order valence-electron chi connectivity index (χ2n) is 7.53. The lowest BCUT2D eigenvalue weighted by Gasteiger charge is -2.51. The highest BCUT2D eigenvalue weighted by atomic mass is 32.2. The lowest BCUT2D eigenvalue weighted by atomic mass is 9.59. The summed E-state index contributed by atoms with van der Waals surface area (Å²) in [5, 5.41) is 22.9. The number of nitrogens with two attached hydrogens (primary N) is 1. The smallest absolute Gasteiger partial charge is 0.268 e. The molecule has 5 N–H and O–H groups in total. The Morgan fingerprint density at radius 1 is 0.862 bits per heavy atom. The zero-order valence-electron chi connectivity index (χ0n) is 14.9. The average molecular weight is 468 g/mol. The van der Waals surface area contributed by atoms with Gasteiger partial charge < -0.3 is 5.73 Å². The second-order valence-corrected chi connectivity index (χ2v) is 11.0. The molecule has 2 saturated carbocycles. The molecule has 0 aliphatic heterocycles. The minimum Gasteiger partial charge on any atom is -0.327 e. The van der Waals surface area contributed by atoms with E-state index in [-0.39, 0.29) is 35.5 Å². The van der Waals surface area contributed by atoms with Gasteiger partial charge in [-0.1, -0.05) is 45.5 Å². The van der Waals surface area contributed by atoms with Crippen LogP contribution in [-0.4, -0.2) is 45.3 Å². The van der Waals surface area contributed by atoms with Crippen LogP contribution < -0.4 is 5.73 Å². The van der Waals surface area contributed by atoms with Crippen molar-refractivity contribution in [2.75, 3.05) is 0 Å². The molecule has 8 unspecified atom stereocenters. The highest BCUT2D eigenvalue weighted by Gasteiger charge is 2.52. The van der Waals surface area contributed by atoms with Gasteiger partial charge >= 0.3 is 0 Å². The first-order chi connectivity index (χ1) is 13.9. The van der Waals surface area contributed by atoms with Crippen molar-refractivity contribution in [3.05, 3.63) is 35.5 Å². The summed E-state index contributed by atoms with van der Waals surface area (Å²) in [6, 6.07) is -0.230. The van der Waals surface area contributed by atoms with E-state index in [0.717, 1.165) is 35.2 Å². The molecule has 13 heteroatoms. The van der Waals surface area contributed by atoms with E-state index in [1.54, 1.807) is 0 Å². The number of hydrogen-bond acceptors (Lipinski definition) is 11. The summed E-state index contributed by atoms with van der Waals surface area (Å²) in [4.78, 5) is 0. The van der Waals surface area contributed by atoms with Crippen molar-refractivity contribution >= 4 is 34.2 Å². The van der Waals surface area contributed by atoms with Gasteiger partial charge in [0.05, 0.1) is 5.25 Å². The highest BCUT2D eigenvalue weighted by molar-refractivity contribution is 7.95. The topological polar surface area (TPSA) is 158 Å². The molecule has 29 heavy (non-hydrogen) atoms. The van der Waals surface area contributed by atoms with Crippen LogP contribution in [0.4, 0.5) is 0 Å². The van der Waals surface area contributed by atoms with Gasteiger partial charge in [-0.15, -0.1) is 8.67 Å².